The molecule has 0 saturated carbocycles. The Morgan fingerprint density at radius 1 is 1.12 bits per heavy atom. The molecule has 0 saturated heterocycles. The third kappa shape index (κ3) is 2.90. The summed E-state index contributed by atoms with van der Waals surface area (Å²) in [6.07, 6.45) is 1.89. The highest BCUT2D eigenvalue weighted by Crippen LogP contribution is 2.22. The number of nitrogens with one attached hydrogen (secondary N) is 2. The number of H-pyrrole nitrogens is 1. The van der Waals surface area contributed by atoms with Gasteiger partial charge in [-0.3, -0.25) is 4.79 Å². The molecule has 0 fully saturated rings. The molecule has 0 aliphatic heterocycles. The van der Waals surface area contributed by atoms with Gasteiger partial charge in [0, 0.05) is 47.3 Å². The molecule has 5 heteroatoms. The van der Waals surface area contributed by atoms with Gasteiger partial charge < -0.3 is 19.6 Å². The largest absolute Gasteiger partial charge is 0.383 e. The fraction of sp³-hybridized carbons (Fsp3) is 0.150. The smallest absolute Gasteiger partial charge is 0.272 e. The SMILES string of the molecule is COCCn1c(C(=O)Nc2ccc3[nH]ccc3c2)cc2ccccc21. The number of hydrogen-bond donors (Lipinski definition) is 2. The maximum Gasteiger partial charge on any atom is 0.272 e. The number of ether oxygens (including phenoxy) is 1. The lowest BCUT2D eigenvalue weighted by Crippen LogP contribution is -2.18. The molecule has 1 amide bonds. The van der Waals surface area contributed by atoms with Crippen LogP contribution in [0.4, 0.5) is 5.69 Å². The molecule has 0 atom stereocenters. The Kier molecular flexibility index (Phi) is 3.99. The highest BCUT2D eigenvalue weighted by atomic mass is 16.5. The second-order valence-corrected chi connectivity index (χ2v) is 5.97. The number of hydrogen-bond acceptors (Lipinski definition) is 2. The monoisotopic (exact) mass is 333 g/mol. The number of rotatable bonds is 5. The van der Waals surface area contributed by atoms with Gasteiger partial charge in [-0.15, -0.1) is 0 Å². The van der Waals surface area contributed by atoms with E-state index in [4.69, 9.17) is 4.74 Å². The van der Waals surface area contributed by atoms with Crippen molar-refractivity contribution >= 4 is 33.4 Å². The molecule has 0 aliphatic carbocycles. The number of carbonyl (C=O) groups is 1. The lowest BCUT2D eigenvalue weighted by molar-refractivity contribution is 0.101. The van der Waals surface area contributed by atoms with E-state index in [-0.39, 0.29) is 5.91 Å². The Balaban J connectivity index is 1.68. The maximum atomic E-state index is 12.9. The Labute approximate surface area is 145 Å². The van der Waals surface area contributed by atoms with Crippen LogP contribution in [0.1, 0.15) is 10.5 Å². The third-order valence-electron chi connectivity index (χ3n) is 4.37. The molecule has 5 nitrogen and oxygen atoms in total. The quantitative estimate of drug-likeness (QED) is 0.579. The van der Waals surface area contributed by atoms with Crippen LogP contribution in [0.2, 0.25) is 0 Å². The minimum atomic E-state index is -0.123. The van der Waals surface area contributed by atoms with Gasteiger partial charge in [0.2, 0.25) is 0 Å². The lowest BCUT2D eigenvalue weighted by Gasteiger charge is -2.11. The summed E-state index contributed by atoms with van der Waals surface area (Å²) >= 11 is 0. The first-order valence-corrected chi connectivity index (χ1v) is 8.22. The van der Waals surface area contributed by atoms with Crippen molar-refractivity contribution < 1.29 is 9.53 Å². The first kappa shape index (κ1) is 15.5. The van der Waals surface area contributed by atoms with Gasteiger partial charge in [0.25, 0.3) is 5.91 Å². The highest BCUT2D eigenvalue weighted by Gasteiger charge is 2.15. The van der Waals surface area contributed by atoms with E-state index in [1.165, 1.54) is 0 Å². The van der Waals surface area contributed by atoms with Crippen LogP contribution in [-0.4, -0.2) is 29.2 Å². The van der Waals surface area contributed by atoms with Gasteiger partial charge in [-0.25, -0.2) is 0 Å². The summed E-state index contributed by atoms with van der Waals surface area (Å²) < 4.78 is 7.20. The molecule has 2 N–H and O–H groups in total. The summed E-state index contributed by atoms with van der Waals surface area (Å²) in [6, 6.07) is 17.7. The number of carbonyl (C=O) groups excluding carboxylic acids is 1. The van der Waals surface area contributed by atoms with Gasteiger partial charge in [0.1, 0.15) is 5.69 Å². The number of fused-ring (bicyclic) bond motifs is 2. The normalized spacial score (nSPS) is 11.2. The van der Waals surface area contributed by atoms with Crippen molar-refractivity contribution in [2.75, 3.05) is 19.0 Å². The summed E-state index contributed by atoms with van der Waals surface area (Å²) in [5.41, 5.74) is 3.49. The molecule has 4 rings (SSSR count). The first-order chi connectivity index (χ1) is 12.3. The van der Waals surface area contributed by atoms with Crippen LogP contribution in [0.25, 0.3) is 21.8 Å². The van der Waals surface area contributed by atoms with Crippen LogP contribution in [0.3, 0.4) is 0 Å². The van der Waals surface area contributed by atoms with Gasteiger partial charge in [-0.2, -0.15) is 0 Å². The number of aromatic nitrogens is 2. The zero-order chi connectivity index (χ0) is 17.2. The number of para-hydroxylation sites is 1. The molecular formula is C20H19N3O2. The predicted octanol–water partition coefficient (Wildman–Crippen LogP) is 4.02. The van der Waals surface area contributed by atoms with Gasteiger partial charge in [0.15, 0.2) is 0 Å². The highest BCUT2D eigenvalue weighted by molar-refractivity contribution is 6.07. The fourth-order valence-corrected chi connectivity index (χ4v) is 3.15. The van der Waals surface area contributed by atoms with Crippen molar-refractivity contribution in [3.8, 4) is 0 Å². The van der Waals surface area contributed by atoms with Crippen LogP contribution in [0, 0.1) is 0 Å². The van der Waals surface area contributed by atoms with Crippen molar-refractivity contribution in [2.45, 2.75) is 6.54 Å². The second kappa shape index (κ2) is 6.45. The average molecular weight is 333 g/mol. The first-order valence-electron chi connectivity index (χ1n) is 8.22. The minimum Gasteiger partial charge on any atom is -0.383 e. The van der Waals surface area contributed by atoms with E-state index < -0.39 is 0 Å². The number of anilines is 1. The van der Waals surface area contributed by atoms with Crippen LogP contribution >= 0.6 is 0 Å². The van der Waals surface area contributed by atoms with E-state index in [0.717, 1.165) is 27.5 Å². The van der Waals surface area contributed by atoms with E-state index in [1.807, 2.05) is 65.4 Å². The van der Waals surface area contributed by atoms with Crippen LogP contribution in [-0.2, 0) is 11.3 Å². The van der Waals surface area contributed by atoms with Gasteiger partial charge in [-0.05, 0) is 36.4 Å². The molecule has 25 heavy (non-hydrogen) atoms. The number of aromatic amines is 1. The van der Waals surface area contributed by atoms with Gasteiger partial charge in [0.05, 0.1) is 6.61 Å². The Morgan fingerprint density at radius 2 is 2.00 bits per heavy atom. The minimum absolute atomic E-state index is 0.123. The van der Waals surface area contributed by atoms with Gasteiger partial charge >= 0.3 is 0 Å². The van der Waals surface area contributed by atoms with Gasteiger partial charge in [-0.1, -0.05) is 18.2 Å². The van der Waals surface area contributed by atoms with Crippen LogP contribution < -0.4 is 5.32 Å². The summed E-state index contributed by atoms with van der Waals surface area (Å²) in [4.78, 5) is 16.0. The molecule has 0 unspecified atom stereocenters. The third-order valence-corrected chi connectivity index (χ3v) is 4.37. The molecule has 2 aromatic heterocycles. The Morgan fingerprint density at radius 3 is 2.88 bits per heavy atom. The van der Waals surface area contributed by atoms with Crippen molar-refractivity contribution in [1.82, 2.24) is 9.55 Å². The maximum absolute atomic E-state index is 12.9. The second-order valence-electron chi connectivity index (χ2n) is 5.97. The van der Waals surface area contributed by atoms with Crippen LogP contribution in [0.15, 0.2) is 60.8 Å². The van der Waals surface area contributed by atoms with E-state index >= 15 is 0 Å². The molecule has 0 spiro atoms. The molecule has 0 bridgehead atoms. The van der Waals surface area contributed by atoms with Crippen LogP contribution in [0.5, 0.6) is 0 Å². The standard InChI is InChI=1S/C20H19N3O2/c1-25-11-10-23-18-5-3-2-4-15(18)13-19(23)20(24)22-16-6-7-17-14(12-16)8-9-21-17/h2-9,12-13,21H,10-11H2,1H3,(H,22,24). The molecule has 4 aromatic rings. The topological polar surface area (TPSA) is 59.0 Å². The summed E-state index contributed by atoms with van der Waals surface area (Å²) in [6.45, 7) is 1.18. The van der Waals surface area contributed by atoms with E-state index in [1.54, 1.807) is 7.11 Å². The number of nitrogens with zero attached hydrogens (tertiary/aromatic N) is 1. The van der Waals surface area contributed by atoms with Crippen molar-refractivity contribution in [3.63, 3.8) is 0 Å². The van der Waals surface area contributed by atoms with E-state index in [9.17, 15) is 4.79 Å². The molecule has 0 aliphatic rings. The van der Waals surface area contributed by atoms with E-state index in [0.29, 0.717) is 18.8 Å². The molecule has 2 heterocycles. The Bertz CT molecular complexity index is 1050. The van der Waals surface area contributed by atoms with Crippen molar-refractivity contribution in [3.05, 3.63) is 66.5 Å². The Hall–Kier alpha value is -3.05. The molecule has 2 aromatic carbocycles. The number of amides is 1. The number of benzene rings is 2. The zero-order valence-electron chi connectivity index (χ0n) is 14.0. The lowest BCUT2D eigenvalue weighted by atomic mass is 10.2. The summed E-state index contributed by atoms with van der Waals surface area (Å²) in [7, 11) is 1.66. The summed E-state index contributed by atoms with van der Waals surface area (Å²) in [5, 5.41) is 5.12. The summed E-state index contributed by atoms with van der Waals surface area (Å²) in [5.74, 6) is -0.123. The number of methoxy groups -OCH3 is 1. The average Bonchev–Trinajstić information content (AvgIpc) is 3.23. The fourth-order valence-electron chi connectivity index (χ4n) is 3.15. The zero-order valence-corrected chi connectivity index (χ0v) is 14.0. The van der Waals surface area contributed by atoms with Crippen molar-refractivity contribution in [1.29, 1.82) is 0 Å². The molecule has 126 valence electrons. The molecule has 0 radical (unpaired) electrons. The van der Waals surface area contributed by atoms with Crippen molar-refractivity contribution in [2.24, 2.45) is 0 Å². The molecular weight excluding hydrogens is 314 g/mol. The predicted molar refractivity (Wildman–Crippen MR) is 100 cm³/mol. The van der Waals surface area contributed by atoms with E-state index in [2.05, 4.69) is 10.3 Å².